The topological polar surface area (TPSA) is 24.1 Å². The molecule has 0 bridgehead atoms. The van der Waals surface area contributed by atoms with Crippen molar-refractivity contribution in [3.63, 3.8) is 0 Å². The van der Waals surface area contributed by atoms with Crippen LogP contribution in [0.2, 0.25) is 0 Å². The normalized spacial score (nSPS) is 21.6. The highest BCUT2D eigenvalue weighted by atomic mass is 19.1. The summed E-state index contributed by atoms with van der Waals surface area (Å²) in [6, 6.07) is 4.84. The van der Waals surface area contributed by atoms with Crippen LogP contribution < -0.4 is 10.6 Å². The van der Waals surface area contributed by atoms with Crippen LogP contribution in [-0.4, -0.2) is 12.1 Å². The average Bonchev–Trinajstić information content (AvgIpc) is 2.87. The van der Waals surface area contributed by atoms with Gasteiger partial charge in [0.15, 0.2) is 0 Å². The van der Waals surface area contributed by atoms with Crippen molar-refractivity contribution < 1.29 is 4.39 Å². The lowest BCUT2D eigenvalue weighted by Crippen LogP contribution is -2.34. The van der Waals surface area contributed by atoms with Gasteiger partial charge in [-0.15, -0.1) is 0 Å². The van der Waals surface area contributed by atoms with E-state index in [0.29, 0.717) is 0 Å². The number of hydrogen-bond acceptors (Lipinski definition) is 2. The molecule has 1 spiro atoms. The maximum Gasteiger partial charge on any atom is 0.125 e. The first-order valence-corrected chi connectivity index (χ1v) is 4.59. The molecule has 2 aliphatic rings. The van der Waals surface area contributed by atoms with Gasteiger partial charge in [0.05, 0.1) is 16.9 Å². The summed E-state index contributed by atoms with van der Waals surface area (Å²) in [4.78, 5) is 0. The summed E-state index contributed by atoms with van der Waals surface area (Å²) in [7, 11) is 0. The van der Waals surface area contributed by atoms with E-state index in [-0.39, 0.29) is 11.4 Å². The predicted octanol–water partition coefficient (Wildman–Crippen LogP) is 2.20. The van der Waals surface area contributed by atoms with Gasteiger partial charge >= 0.3 is 0 Å². The predicted molar refractivity (Wildman–Crippen MR) is 50.5 cm³/mol. The minimum absolute atomic E-state index is 0.181. The van der Waals surface area contributed by atoms with Crippen LogP contribution in [0, 0.1) is 5.82 Å². The molecular formula is C10H11FN2. The lowest BCUT2D eigenvalue weighted by Gasteiger charge is -2.28. The molecule has 0 amide bonds. The van der Waals surface area contributed by atoms with Gasteiger partial charge in [0.25, 0.3) is 0 Å². The van der Waals surface area contributed by atoms with Crippen molar-refractivity contribution in [3.05, 3.63) is 24.0 Å². The highest BCUT2D eigenvalue weighted by molar-refractivity contribution is 5.73. The second-order valence-electron chi connectivity index (χ2n) is 3.95. The standard InChI is InChI=1S/C10H11FN2/c11-7-1-2-8-9(5-7)12-6-10(13-8)3-4-10/h1-2,5,12-13H,3-4,6H2. The van der Waals surface area contributed by atoms with E-state index in [1.54, 1.807) is 6.07 Å². The van der Waals surface area contributed by atoms with E-state index in [1.807, 2.05) is 0 Å². The fourth-order valence-corrected chi connectivity index (χ4v) is 1.82. The average molecular weight is 178 g/mol. The summed E-state index contributed by atoms with van der Waals surface area (Å²) in [5, 5.41) is 6.70. The zero-order chi connectivity index (χ0) is 8.89. The highest BCUT2D eigenvalue weighted by Crippen LogP contribution is 2.43. The molecule has 0 unspecified atom stereocenters. The maximum absolute atomic E-state index is 12.8. The van der Waals surface area contributed by atoms with Crippen LogP contribution in [0.3, 0.4) is 0 Å². The molecule has 0 atom stereocenters. The van der Waals surface area contributed by atoms with Crippen LogP contribution >= 0.6 is 0 Å². The van der Waals surface area contributed by atoms with E-state index >= 15 is 0 Å². The first-order valence-electron chi connectivity index (χ1n) is 4.59. The Labute approximate surface area is 76.1 Å². The van der Waals surface area contributed by atoms with E-state index < -0.39 is 0 Å². The van der Waals surface area contributed by atoms with Gasteiger partial charge in [-0.25, -0.2) is 4.39 Å². The molecule has 1 fully saturated rings. The number of benzene rings is 1. The number of hydrogen-bond donors (Lipinski definition) is 2. The largest absolute Gasteiger partial charge is 0.381 e. The van der Waals surface area contributed by atoms with Crippen molar-refractivity contribution in [2.45, 2.75) is 18.4 Å². The highest BCUT2D eigenvalue weighted by Gasteiger charge is 2.44. The zero-order valence-corrected chi connectivity index (χ0v) is 7.23. The number of rotatable bonds is 0. The molecule has 1 aromatic carbocycles. The van der Waals surface area contributed by atoms with Crippen molar-refractivity contribution >= 4 is 11.4 Å². The van der Waals surface area contributed by atoms with Crippen molar-refractivity contribution in [1.29, 1.82) is 0 Å². The van der Waals surface area contributed by atoms with Crippen molar-refractivity contribution in [1.82, 2.24) is 0 Å². The molecule has 1 aromatic rings. The summed E-state index contributed by atoms with van der Waals surface area (Å²) >= 11 is 0. The van der Waals surface area contributed by atoms with Crippen molar-refractivity contribution in [2.75, 3.05) is 17.2 Å². The number of nitrogens with one attached hydrogen (secondary N) is 2. The second-order valence-corrected chi connectivity index (χ2v) is 3.95. The molecule has 3 rings (SSSR count). The van der Waals surface area contributed by atoms with Gasteiger partial charge in [-0.1, -0.05) is 0 Å². The van der Waals surface area contributed by atoms with E-state index in [4.69, 9.17) is 0 Å². The fraction of sp³-hybridized carbons (Fsp3) is 0.400. The van der Waals surface area contributed by atoms with Crippen LogP contribution in [0.5, 0.6) is 0 Å². The summed E-state index contributed by atoms with van der Waals surface area (Å²) in [5.41, 5.74) is 2.20. The lowest BCUT2D eigenvalue weighted by molar-refractivity contribution is 0.627. The zero-order valence-electron chi connectivity index (χ0n) is 7.23. The minimum atomic E-state index is -0.181. The fourth-order valence-electron chi connectivity index (χ4n) is 1.82. The molecule has 68 valence electrons. The molecule has 2 nitrogen and oxygen atoms in total. The SMILES string of the molecule is Fc1ccc2c(c1)NCC1(CC1)N2. The van der Waals surface area contributed by atoms with E-state index in [9.17, 15) is 4.39 Å². The molecule has 1 heterocycles. The first-order chi connectivity index (χ1) is 6.27. The third-order valence-corrected chi connectivity index (χ3v) is 2.85. The van der Waals surface area contributed by atoms with Crippen LogP contribution in [0.15, 0.2) is 18.2 Å². The number of halogens is 1. The smallest absolute Gasteiger partial charge is 0.125 e. The quantitative estimate of drug-likeness (QED) is 0.636. The number of anilines is 2. The third kappa shape index (κ3) is 1.07. The van der Waals surface area contributed by atoms with Gasteiger partial charge in [-0.2, -0.15) is 0 Å². The Balaban J connectivity index is 2.00. The molecule has 2 N–H and O–H groups in total. The Bertz CT molecular complexity index is 358. The molecule has 1 aliphatic heterocycles. The number of fused-ring (bicyclic) bond motifs is 1. The van der Waals surface area contributed by atoms with Crippen LogP contribution in [0.25, 0.3) is 0 Å². The summed E-state index contributed by atoms with van der Waals surface area (Å²) < 4.78 is 12.8. The molecule has 0 aromatic heterocycles. The summed E-state index contributed by atoms with van der Waals surface area (Å²) in [6.07, 6.45) is 2.44. The monoisotopic (exact) mass is 178 g/mol. The lowest BCUT2D eigenvalue weighted by atomic mass is 10.1. The Morgan fingerprint density at radius 1 is 1.23 bits per heavy atom. The van der Waals surface area contributed by atoms with Gasteiger partial charge in [-0.05, 0) is 31.0 Å². The Hall–Kier alpha value is -1.25. The summed E-state index contributed by atoms with van der Waals surface area (Å²) in [5.74, 6) is -0.181. The van der Waals surface area contributed by atoms with Crippen molar-refractivity contribution in [3.8, 4) is 0 Å². The van der Waals surface area contributed by atoms with E-state index in [1.165, 1.54) is 25.0 Å². The van der Waals surface area contributed by atoms with Gasteiger partial charge in [0.1, 0.15) is 5.82 Å². The Kier molecular flexibility index (Phi) is 1.19. The summed E-state index contributed by atoms with van der Waals surface area (Å²) in [6.45, 7) is 0.920. The Morgan fingerprint density at radius 2 is 2.08 bits per heavy atom. The molecule has 13 heavy (non-hydrogen) atoms. The van der Waals surface area contributed by atoms with Crippen LogP contribution in [0.1, 0.15) is 12.8 Å². The minimum Gasteiger partial charge on any atom is -0.381 e. The van der Waals surface area contributed by atoms with E-state index in [0.717, 1.165) is 17.9 Å². The first kappa shape index (κ1) is 7.18. The van der Waals surface area contributed by atoms with Crippen molar-refractivity contribution in [2.24, 2.45) is 0 Å². The van der Waals surface area contributed by atoms with Gasteiger partial charge < -0.3 is 10.6 Å². The molecule has 3 heteroatoms. The van der Waals surface area contributed by atoms with Crippen LogP contribution in [0.4, 0.5) is 15.8 Å². The molecule has 0 saturated heterocycles. The molecule has 0 radical (unpaired) electrons. The maximum atomic E-state index is 12.8. The Morgan fingerprint density at radius 3 is 2.85 bits per heavy atom. The second kappa shape index (κ2) is 2.16. The van der Waals surface area contributed by atoms with Crippen LogP contribution in [-0.2, 0) is 0 Å². The van der Waals surface area contributed by atoms with Gasteiger partial charge in [0.2, 0.25) is 0 Å². The van der Waals surface area contributed by atoms with Gasteiger partial charge in [0, 0.05) is 6.54 Å². The molecule has 1 aliphatic carbocycles. The third-order valence-electron chi connectivity index (χ3n) is 2.85. The van der Waals surface area contributed by atoms with Gasteiger partial charge in [-0.3, -0.25) is 0 Å². The molecular weight excluding hydrogens is 167 g/mol. The van der Waals surface area contributed by atoms with E-state index in [2.05, 4.69) is 10.6 Å². The molecule has 1 saturated carbocycles.